The Kier molecular flexibility index (Phi) is 3.37. The van der Waals surface area contributed by atoms with Gasteiger partial charge in [-0.2, -0.15) is 0 Å². The van der Waals surface area contributed by atoms with Gasteiger partial charge in [0.1, 0.15) is 5.82 Å². The second-order valence-corrected chi connectivity index (χ2v) is 4.03. The maximum Gasteiger partial charge on any atom is 0.258 e. The van der Waals surface area contributed by atoms with Crippen LogP contribution in [0.3, 0.4) is 0 Å². The number of anilines is 1. The fraction of sp³-hybridized carbons (Fsp3) is 0.143. The number of amides is 1. The summed E-state index contributed by atoms with van der Waals surface area (Å²) in [7, 11) is 0. The summed E-state index contributed by atoms with van der Waals surface area (Å²) < 4.78 is 13.8. The van der Waals surface area contributed by atoms with Crippen molar-refractivity contribution in [2.75, 3.05) is 5.32 Å². The Bertz CT molecular complexity index is 596. The first kappa shape index (κ1) is 12.2. The number of carbonyl (C=O) groups is 1. The average Bonchev–Trinajstić information content (AvgIpc) is 2.35. The fourth-order valence-corrected chi connectivity index (χ4v) is 1.63. The summed E-state index contributed by atoms with van der Waals surface area (Å²) in [6, 6.07) is 8.19. The number of aromatic nitrogens is 1. The molecule has 1 aromatic carbocycles. The summed E-state index contributed by atoms with van der Waals surface area (Å²) in [6.07, 6.45) is 1.64. The number of carbonyl (C=O) groups excluding carboxylic acids is 1. The molecule has 0 aliphatic carbocycles. The van der Waals surface area contributed by atoms with Gasteiger partial charge in [0, 0.05) is 6.20 Å². The minimum Gasteiger partial charge on any atom is -0.320 e. The van der Waals surface area contributed by atoms with E-state index in [0.29, 0.717) is 16.9 Å². The summed E-state index contributed by atoms with van der Waals surface area (Å²) >= 11 is 0. The Labute approximate surface area is 105 Å². The highest BCUT2D eigenvalue weighted by atomic mass is 19.1. The Balaban J connectivity index is 2.28. The van der Waals surface area contributed by atoms with Crippen molar-refractivity contribution in [1.29, 1.82) is 0 Å². The van der Waals surface area contributed by atoms with Gasteiger partial charge in [0.2, 0.25) is 0 Å². The molecule has 0 spiro atoms. The number of nitrogens with zero attached hydrogens (tertiary/aromatic N) is 1. The van der Waals surface area contributed by atoms with Crippen molar-refractivity contribution < 1.29 is 9.18 Å². The van der Waals surface area contributed by atoms with Crippen molar-refractivity contribution in [1.82, 2.24) is 4.98 Å². The first-order valence-electron chi connectivity index (χ1n) is 5.57. The number of rotatable bonds is 2. The first-order chi connectivity index (χ1) is 8.59. The molecule has 2 aromatic rings. The maximum absolute atomic E-state index is 13.8. The molecule has 3 nitrogen and oxygen atoms in total. The molecule has 92 valence electrons. The van der Waals surface area contributed by atoms with E-state index in [9.17, 15) is 9.18 Å². The van der Waals surface area contributed by atoms with Crippen LogP contribution in [0.15, 0.2) is 36.5 Å². The van der Waals surface area contributed by atoms with E-state index in [0.717, 1.165) is 0 Å². The Hall–Kier alpha value is -2.23. The van der Waals surface area contributed by atoms with E-state index in [1.54, 1.807) is 44.3 Å². The predicted molar refractivity (Wildman–Crippen MR) is 68.1 cm³/mol. The van der Waals surface area contributed by atoms with E-state index in [-0.39, 0.29) is 5.56 Å². The van der Waals surface area contributed by atoms with Gasteiger partial charge in [-0.05, 0) is 37.6 Å². The molecular formula is C14H13FN2O. The number of hydrogen-bond acceptors (Lipinski definition) is 2. The molecule has 18 heavy (non-hydrogen) atoms. The van der Waals surface area contributed by atoms with E-state index in [4.69, 9.17) is 0 Å². The number of hydrogen-bond donors (Lipinski definition) is 1. The number of benzene rings is 1. The molecule has 1 heterocycles. The van der Waals surface area contributed by atoms with Crippen LogP contribution in [-0.4, -0.2) is 10.9 Å². The van der Waals surface area contributed by atoms with Gasteiger partial charge in [-0.25, -0.2) is 4.39 Å². The smallest absolute Gasteiger partial charge is 0.258 e. The molecule has 0 aliphatic rings. The highest BCUT2D eigenvalue weighted by Crippen LogP contribution is 2.16. The SMILES string of the molecule is Cc1cccc(C(=O)Nc2cccnc2C)c1F. The van der Waals surface area contributed by atoms with Crippen molar-refractivity contribution in [2.45, 2.75) is 13.8 Å². The quantitative estimate of drug-likeness (QED) is 0.882. The van der Waals surface area contributed by atoms with Crippen LogP contribution in [0.5, 0.6) is 0 Å². The van der Waals surface area contributed by atoms with Crippen molar-refractivity contribution in [2.24, 2.45) is 0 Å². The zero-order chi connectivity index (χ0) is 13.1. The van der Waals surface area contributed by atoms with Crippen LogP contribution in [0.25, 0.3) is 0 Å². The largest absolute Gasteiger partial charge is 0.320 e. The molecule has 0 radical (unpaired) electrons. The van der Waals surface area contributed by atoms with E-state index in [1.807, 2.05) is 0 Å². The normalized spacial score (nSPS) is 10.2. The third-order valence-corrected chi connectivity index (χ3v) is 2.69. The van der Waals surface area contributed by atoms with Gasteiger partial charge in [-0.3, -0.25) is 9.78 Å². The van der Waals surface area contributed by atoms with Crippen molar-refractivity contribution in [3.05, 3.63) is 59.2 Å². The van der Waals surface area contributed by atoms with Gasteiger partial charge in [-0.1, -0.05) is 12.1 Å². The topological polar surface area (TPSA) is 42.0 Å². The van der Waals surface area contributed by atoms with Crippen LogP contribution in [0.2, 0.25) is 0 Å². The second kappa shape index (κ2) is 4.96. The van der Waals surface area contributed by atoms with Gasteiger partial charge in [-0.15, -0.1) is 0 Å². The van der Waals surface area contributed by atoms with Crippen LogP contribution in [0, 0.1) is 19.7 Å². The molecule has 0 aliphatic heterocycles. The van der Waals surface area contributed by atoms with Crippen LogP contribution < -0.4 is 5.32 Å². The summed E-state index contributed by atoms with van der Waals surface area (Å²) in [5.41, 5.74) is 1.77. The molecule has 0 bridgehead atoms. The molecule has 0 atom stereocenters. The lowest BCUT2D eigenvalue weighted by molar-refractivity contribution is 0.102. The minimum atomic E-state index is -0.489. The zero-order valence-corrected chi connectivity index (χ0v) is 10.2. The van der Waals surface area contributed by atoms with Gasteiger partial charge in [0.25, 0.3) is 5.91 Å². The highest BCUT2D eigenvalue weighted by Gasteiger charge is 2.13. The molecule has 1 aromatic heterocycles. The molecular weight excluding hydrogens is 231 g/mol. The molecule has 0 saturated heterocycles. The lowest BCUT2D eigenvalue weighted by Crippen LogP contribution is -2.15. The van der Waals surface area contributed by atoms with Gasteiger partial charge < -0.3 is 5.32 Å². The van der Waals surface area contributed by atoms with E-state index < -0.39 is 11.7 Å². The maximum atomic E-state index is 13.8. The number of halogens is 1. The summed E-state index contributed by atoms with van der Waals surface area (Å²) in [4.78, 5) is 16.0. The van der Waals surface area contributed by atoms with Gasteiger partial charge >= 0.3 is 0 Å². The third kappa shape index (κ3) is 2.37. The van der Waals surface area contributed by atoms with Gasteiger partial charge in [0.15, 0.2) is 0 Å². The third-order valence-electron chi connectivity index (χ3n) is 2.69. The van der Waals surface area contributed by atoms with Crippen LogP contribution in [0.1, 0.15) is 21.6 Å². The zero-order valence-electron chi connectivity index (χ0n) is 10.2. The van der Waals surface area contributed by atoms with Crippen LogP contribution in [0.4, 0.5) is 10.1 Å². The minimum absolute atomic E-state index is 0.0400. The van der Waals surface area contributed by atoms with Crippen molar-refractivity contribution in [3.8, 4) is 0 Å². The average molecular weight is 244 g/mol. The molecule has 4 heteroatoms. The molecule has 0 saturated carbocycles. The standard InChI is InChI=1S/C14H13FN2O/c1-9-5-3-6-11(13(9)15)14(18)17-12-7-4-8-16-10(12)2/h3-8H,1-2H3,(H,17,18). The van der Waals surface area contributed by atoms with Crippen molar-refractivity contribution >= 4 is 11.6 Å². The highest BCUT2D eigenvalue weighted by molar-refractivity contribution is 6.04. The summed E-state index contributed by atoms with van der Waals surface area (Å²) in [6.45, 7) is 3.41. The summed E-state index contributed by atoms with van der Waals surface area (Å²) in [5, 5.41) is 2.65. The monoisotopic (exact) mass is 244 g/mol. The molecule has 1 N–H and O–H groups in total. The predicted octanol–water partition coefficient (Wildman–Crippen LogP) is 3.09. The Morgan fingerprint density at radius 3 is 2.72 bits per heavy atom. The molecule has 2 rings (SSSR count). The lowest BCUT2D eigenvalue weighted by Gasteiger charge is -2.08. The van der Waals surface area contributed by atoms with Gasteiger partial charge in [0.05, 0.1) is 16.9 Å². The second-order valence-electron chi connectivity index (χ2n) is 4.03. The van der Waals surface area contributed by atoms with E-state index >= 15 is 0 Å². The molecule has 0 fully saturated rings. The molecule has 0 unspecified atom stereocenters. The number of nitrogens with one attached hydrogen (secondary N) is 1. The van der Waals surface area contributed by atoms with E-state index in [1.165, 1.54) is 6.07 Å². The van der Waals surface area contributed by atoms with Crippen molar-refractivity contribution in [3.63, 3.8) is 0 Å². The Morgan fingerprint density at radius 1 is 1.22 bits per heavy atom. The van der Waals surface area contributed by atoms with E-state index in [2.05, 4.69) is 10.3 Å². The number of pyridine rings is 1. The fourth-order valence-electron chi connectivity index (χ4n) is 1.63. The van der Waals surface area contributed by atoms with Crippen LogP contribution >= 0.6 is 0 Å². The van der Waals surface area contributed by atoms with Crippen LogP contribution in [-0.2, 0) is 0 Å². The number of aryl methyl sites for hydroxylation is 2. The molecule has 1 amide bonds. The lowest BCUT2D eigenvalue weighted by atomic mass is 10.1. The Morgan fingerprint density at radius 2 is 2.00 bits per heavy atom. The first-order valence-corrected chi connectivity index (χ1v) is 5.57. The summed E-state index contributed by atoms with van der Waals surface area (Å²) in [5.74, 6) is -0.955.